The van der Waals surface area contributed by atoms with E-state index in [2.05, 4.69) is 5.32 Å². The molecule has 23 heavy (non-hydrogen) atoms. The third-order valence-electron chi connectivity index (χ3n) is 3.69. The van der Waals surface area contributed by atoms with Crippen LogP contribution in [0.5, 0.6) is 0 Å². The number of amides is 1. The minimum absolute atomic E-state index is 0.0281. The summed E-state index contributed by atoms with van der Waals surface area (Å²) in [6, 6.07) is 10.3. The molecular weight excluding hydrogens is 297 g/mol. The molecule has 3 rings (SSSR count). The molecule has 0 bridgehead atoms. The number of carbonyl (C=O) groups is 1. The van der Waals surface area contributed by atoms with Crippen LogP contribution in [0.15, 0.2) is 51.7 Å². The molecule has 1 amide bonds. The molecule has 1 aromatic heterocycles. The van der Waals surface area contributed by atoms with Gasteiger partial charge in [-0.1, -0.05) is 12.1 Å². The summed E-state index contributed by atoms with van der Waals surface area (Å²) < 4.78 is 19.1. The summed E-state index contributed by atoms with van der Waals surface area (Å²) in [5.41, 5.74) is 1.97. The summed E-state index contributed by atoms with van der Waals surface area (Å²) in [6.07, 6.45) is 0. The van der Waals surface area contributed by atoms with E-state index in [-0.39, 0.29) is 16.9 Å². The molecule has 3 aromatic rings. The summed E-state index contributed by atoms with van der Waals surface area (Å²) >= 11 is 0. The summed E-state index contributed by atoms with van der Waals surface area (Å²) in [4.78, 5) is 24.4. The van der Waals surface area contributed by atoms with Crippen molar-refractivity contribution in [1.82, 2.24) is 0 Å². The molecule has 0 radical (unpaired) electrons. The predicted octanol–water partition coefficient (Wildman–Crippen LogP) is 3.80. The van der Waals surface area contributed by atoms with Crippen LogP contribution < -0.4 is 10.7 Å². The van der Waals surface area contributed by atoms with Crippen molar-refractivity contribution in [2.24, 2.45) is 0 Å². The topological polar surface area (TPSA) is 59.3 Å². The Morgan fingerprint density at radius 3 is 2.52 bits per heavy atom. The van der Waals surface area contributed by atoms with Gasteiger partial charge in [0.2, 0.25) is 0 Å². The minimum atomic E-state index is -0.674. The summed E-state index contributed by atoms with van der Waals surface area (Å²) in [7, 11) is 0. The standard InChI is InChI=1S/C18H14FNO3/c1-10-7-12-15(21)9-17(23-16(12)8-11(10)2)18(22)20-14-6-4-3-5-13(14)19/h3-9H,1-2H3,(H,20,22). The van der Waals surface area contributed by atoms with Crippen molar-refractivity contribution < 1.29 is 13.6 Å². The van der Waals surface area contributed by atoms with Crippen LogP contribution in [0, 0.1) is 19.7 Å². The van der Waals surface area contributed by atoms with E-state index in [9.17, 15) is 14.0 Å². The number of fused-ring (bicyclic) bond motifs is 1. The van der Waals surface area contributed by atoms with Gasteiger partial charge in [-0.25, -0.2) is 4.39 Å². The molecule has 4 nitrogen and oxygen atoms in total. The predicted molar refractivity (Wildman–Crippen MR) is 86.3 cm³/mol. The fourth-order valence-electron chi connectivity index (χ4n) is 2.27. The fraction of sp³-hybridized carbons (Fsp3) is 0.111. The normalized spacial score (nSPS) is 10.7. The first-order valence-corrected chi connectivity index (χ1v) is 7.06. The molecule has 0 fully saturated rings. The van der Waals surface area contributed by atoms with Crippen LogP contribution in [0.2, 0.25) is 0 Å². The van der Waals surface area contributed by atoms with Crippen LogP contribution >= 0.6 is 0 Å². The Morgan fingerprint density at radius 2 is 1.78 bits per heavy atom. The number of hydrogen-bond acceptors (Lipinski definition) is 3. The molecule has 116 valence electrons. The smallest absolute Gasteiger partial charge is 0.291 e. The van der Waals surface area contributed by atoms with Gasteiger partial charge in [-0.05, 0) is 49.2 Å². The monoisotopic (exact) mass is 311 g/mol. The zero-order valence-corrected chi connectivity index (χ0v) is 12.6. The summed E-state index contributed by atoms with van der Waals surface area (Å²) in [6.45, 7) is 3.79. The zero-order valence-electron chi connectivity index (χ0n) is 12.6. The maximum absolute atomic E-state index is 13.6. The number of aryl methyl sites for hydroxylation is 2. The van der Waals surface area contributed by atoms with Crippen molar-refractivity contribution in [3.05, 3.63) is 75.4 Å². The lowest BCUT2D eigenvalue weighted by atomic mass is 10.1. The molecule has 0 spiro atoms. The van der Waals surface area contributed by atoms with Gasteiger partial charge in [-0.15, -0.1) is 0 Å². The Labute approximate surface area is 131 Å². The van der Waals surface area contributed by atoms with E-state index in [1.807, 2.05) is 13.8 Å². The van der Waals surface area contributed by atoms with E-state index in [1.54, 1.807) is 18.2 Å². The Morgan fingerprint density at radius 1 is 1.09 bits per heavy atom. The first-order chi connectivity index (χ1) is 11.0. The van der Waals surface area contributed by atoms with Crippen LogP contribution in [0.25, 0.3) is 11.0 Å². The van der Waals surface area contributed by atoms with Gasteiger partial charge in [0.15, 0.2) is 11.2 Å². The first kappa shape index (κ1) is 15.0. The Balaban J connectivity index is 2.03. The van der Waals surface area contributed by atoms with Gasteiger partial charge in [0.1, 0.15) is 11.4 Å². The van der Waals surface area contributed by atoms with Crippen molar-refractivity contribution in [2.45, 2.75) is 13.8 Å². The highest BCUT2D eigenvalue weighted by Gasteiger charge is 2.14. The average molecular weight is 311 g/mol. The zero-order chi connectivity index (χ0) is 16.6. The van der Waals surface area contributed by atoms with E-state index in [0.717, 1.165) is 17.2 Å². The molecule has 0 saturated carbocycles. The molecule has 1 N–H and O–H groups in total. The molecule has 5 heteroatoms. The van der Waals surface area contributed by atoms with Crippen LogP contribution in [-0.2, 0) is 0 Å². The number of benzene rings is 2. The van der Waals surface area contributed by atoms with E-state index in [1.165, 1.54) is 18.2 Å². The minimum Gasteiger partial charge on any atom is -0.451 e. The number of para-hydroxylation sites is 1. The number of anilines is 1. The first-order valence-electron chi connectivity index (χ1n) is 7.06. The van der Waals surface area contributed by atoms with E-state index < -0.39 is 11.7 Å². The Kier molecular flexibility index (Phi) is 3.70. The van der Waals surface area contributed by atoms with Gasteiger partial charge < -0.3 is 9.73 Å². The highest BCUT2D eigenvalue weighted by molar-refractivity contribution is 6.03. The van der Waals surface area contributed by atoms with Crippen molar-refractivity contribution in [1.29, 1.82) is 0 Å². The number of rotatable bonds is 2. The molecule has 0 saturated heterocycles. The SMILES string of the molecule is Cc1cc2oc(C(=O)Nc3ccccc3F)cc(=O)c2cc1C. The van der Waals surface area contributed by atoms with Gasteiger partial charge in [0.05, 0.1) is 11.1 Å². The number of hydrogen-bond donors (Lipinski definition) is 1. The van der Waals surface area contributed by atoms with E-state index >= 15 is 0 Å². The average Bonchev–Trinajstić information content (AvgIpc) is 2.51. The van der Waals surface area contributed by atoms with Crippen molar-refractivity contribution in [3.63, 3.8) is 0 Å². The number of carbonyl (C=O) groups excluding carboxylic acids is 1. The van der Waals surface area contributed by atoms with E-state index in [0.29, 0.717) is 11.0 Å². The van der Waals surface area contributed by atoms with Gasteiger partial charge in [-0.3, -0.25) is 9.59 Å². The van der Waals surface area contributed by atoms with Crippen molar-refractivity contribution >= 4 is 22.6 Å². The maximum atomic E-state index is 13.6. The summed E-state index contributed by atoms with van der Waals surface area (Å²) in [5, 5.41) is 2.81. The number of halogens is 1. The van der Waals surface area contributed by atoms with Gasteiger partial charge in [0, 0.05) is 6.07 Å². The second-order valence-electron chi connectivity index (χ2n) is 5.34. The Hall–Kier alpha value is -2.95. The highest BCUT2D eigenvalue weighted by Crippen LogP contribution is 2.19. The Bertz CT molecular complexity index is 976. The van der Waals surface area contributed by atoms with Crippen LogP contribution in [0.1, 0.15) is 21.7 Å². The lowest BCUT2D eigenvalue weighted by Crippen LogP contribution is -2.15. The molecule has 0 aliphatic carbocycles. The lowest BCUT2D eigenvalue weighted by Gasteiger charge is -2.07. The van der Waals surface area contributed by atoms with Crippen LogP contribution in [-0.4, -0.2) is 5.91 Å². The maximum Gasteiger partial charge on any atom is 0.291 e. The molecule has 1 heterocycles. The third kappa shape index (κ3) is 2.85. The van der Waals surface area contributed by atoms with Crippen LogP contribution in [0.4, 0.5) is 10.1 Å². The largest absolute Gasteiger partial charge is 0.451 e. The van der Waals surface area contributed by atoms with Crippen molar-refractivity contribution in [2.75, 3.05) is 5.32 Å². The van der Waals surface area contributed by atoms with Crippen molar-refractivity contribution in [3.8, 4) is 0 Å². The molecule has 0 aliphatic heterocycles. The second-order valence-corrected chi connectivity index (χ2v) is 5.34. The van der Waals surface area contributed by atoms with Crippen LogP contribution in [0.3, 0.4) is 0 Å². The quantitative estimate of drug-likeness (QED) is 0.783. The molecule has 0 aliphatic rings. The molecule has 0 atom stereocenters. The molecular formula is C18H14FNO3. The van der Waals surface area contributed by atoms with Gasteiger partial charge >= 0.3 is 0 Å². The number of nitrogens with one attached hydrogen (secondary N) is 1. The fourth-order valence-corrected chi connectivity index (χ4v) is 2.27. The van der Waals surface area contributed by atoms with Gasteiger partial charge in [0.25, 0.3) is 5.91 Å². The highest BCUT2D eigenvalue weighted by atomic mass is 19.1. The summed E-state index contributed by atoms with van der Waals surface area (Å²) in [5.74, 6) is -1.39. The third-order valence-corrected chi connectivity index (χ3v) is 3.69. The second kappa shape index (κ2) is 5.68. The molecule has 0 unspecified atom stereocenters. The van der Waals surface area contributed by atoms with Gasteiger partial charge in [-0.2, -0.15) is 0 Å². The molecule has 2 aromatic carbocycles. The van der Waals surface area contributed by atoms with E-state index in [4.69, 9.17) is 4.42 Å². The lowest BCUT2D eigenvalue weighted by molar-refractivity contribution is 0.0996.